The number of hydrogen-bond acceptors (Lipinski definition) is 0. The van der Waals surface area contributed by atoms with E-state index in [1.165, 1.54) is 17.7 Å². The lowest BCUT2D eigenvalue weighted by Gasteiger charge is -2.08. The van der Waals surface area contributed by atoms with Crippen molar-refractivity contribution in [3.63, 3.8) is 0 Å². The zero-order valence-electron chi connectivity index (χ0n) is 14.8. The van der Waals surface area contributed by atoms with Gasteiger partial charge in [-0.05, 0) is 59.5 Å². The van der Waals surface area contributed by atoms with Gasteiger partial charge in [0.25, 0.3) is 0 Å². The van der Waals surface area contributed by atoms with Crippen LogP contribution in [0, 0.1) is 11.6 Å². The van der Waals surface area contributed by atoms with Crippen molar-refractivity contribution >= 4 is 11.7 Å². The van der Waals surface area contributed by atoms with Crippen molar-refractivity contribution in [2.45, 2.75) is 19.8 Å². The Labute approximate surface area is 155 Å². The summed E-state index contributed by atoms with van der Waals surface area (Å²) >= 11 is 0. The van der Waals surface area contributed by atoms with Crippen LogP contribution in [0.1, 0.15) is 30.0 Å². The number of hydrogen-bond donors (Lipinski definition) is 0. The quantitative estimate of drug-likeness (QED) is 0.325. The van der Waals surface area contributed by atoms with Crippen LogP contribution in [0.25, 0.3) is 22.8 Å². The molecule has 0 amide bonds. The molecule has 3 aromatic carbocycles. The van der Waals surface area contributed by atoms with Crippen molar-refractivity contribution in [2.75, 3.05) is 0 Å². The van der Waals surface area contributed by atoms with Crippen LogP contribution in [0.5, 0.6) is 0 Å². The largest absolute Gasteiger partial charge is 0.207 e. The van der Waals surface area contributed by atoms with E-state index < -0.39 is 28.9 Å². The standard InChI is InChI=1S/C23H18F4/c1-2-3-15-4-6-16(7-5-15)18-10-13-20(21(25)14-18)23(27)22(26)17-8-11-19(24)12-9-17/h4-14H,2-3H2,1H3. The highest BCUT2D eigenvalue weighted by molar-refractivity contribution is 5.84. The molecule has 0 aromatic heterocycles. The Kier molecular flexibility index (Phi) is 5.75. The summed E-state index contributed by atoms with van der Waals surface area (Å²) in [6.45, 7) is 2.09. The molecular formula is C23H18F4. The van der Waals surface area contributed by atoms with Crippen molar-refractivity contribution in [2.24, 2.45) is 0 Å². The van der Waals surface area contributed by atoms with E-state index in [1.54, 1.807) is 6.07 Å². The average molecular weight is 370 g/mol. The number of aryl methyl sites for hydroxylation is 1. The Morgan fingerprint density at radius 3 is 1.96 bits per heavy atom. The van der Waals surface area contributed by atoms with Crippen LogP contribution in [0.15, 0.2) is 66.7 Å². The van der Waals surface area contributed by atoms with Crippen molar-refractivity contribution in [1.82, 2.24) is 0 Å². The molecular weight excluding hydrogens is 352 g/mol. The van der Waals surface area contributed by atoms with Gasteiger partial charge in [0.05, 0.1) is 0 Å². The van der Waals surface area contributed by atoms with Crippen LogP contribution in [0.2, 0.25) is 0 Å². The average Bonchev–Trinajstić information content (AvgIpc) is 2.68. The monoisotopic (exact) mass is 370 g/mol. The van der Waals surface area contributed by atoms with Gasteiger partial charge in [0.15, 0.2) is 11.7 Å². The molecule has 0 radical (unpaired) electrons. The number of rotatable bonds is 5. The Balaban J connectivity index is 1.92. The molecule has 3 rings (SSSR count). The molecule has 0 aliphatic carbocycles. The lowest BCUT2D eigenvalue weighted by molar-refractivity contribution is 0.611. The van der Waals surface area contributed by atoms with E-state index in [1.807, 2.05) is 24.3 Å². The molecule has 0 fully saturated rings. The van der Waals surface area contributed by atoms with Gasteiger partial charge in [-0.15, -0.1) is 0 Å². The maximum absolute atomic E-state index is 14.4. The van der Waals surface area contributed by atoms with Crippen LogP contribution >= 0.6 is 0 Å². The SMILES string of the molecule is CCCc1ccc(-c2ccc(C(F)=C(F)c3ccc(F)cc3)c(F)c2)cc1. The topological polar surface area (TPSA) is 0 Å². The van der Waals surface area contributed by atoms with E-state index in [0.717, 1.165) is 42.7 Å². The normalized spacial score (nSPS) is 12.0. The second-order valence-electron chi connectivity index (χ2n) is 6.28. The maximum Gasteiger partial charge on any atom is 0.169 e. The molecule has 0 atom stereocenters. The molecule has 3 aromatic rings. The summed E-state index contributed by atoms with van der Waals surface area (Å²) in [7, 11) is 0. The molecule has 138 valence electrons. The van der Waals surface area contributed by atoms with Gasteiger partial charge in [-0.25, -0.2) is 17.6 Å². The zero-order valence-corrected chi connectivity index (χ0v) is 14.8. The van der Waals surface area contributed by atoms with Crippen molar-refractivity contribution < 1.29 is 17.6 Å². The molecule has 0 spiro atoms. The minimum Gasteiger partial charge on any atom is -0.207 e. The number of benzene rings is 3. The van der Waals surface area contributed by atoms with Gasteiger partial charge >= 0.3 is 0 Å². The smallest absolute Gasteiger partial charge is 0.169 e. The van der Waals surface area contributed by atoms with Crippen LogP contribution < -0.4 is 0 Å². The third-order valence-corrected chi connectivity index (χ3v) is 4.32. The van der Waals surface area contributed by atoms with E-state index >= 15 is 0 Å². The summed E-state index contributed by atoms with van der Waals surface area (Å²) < 4.78 is 56.0. The van der Waals surface area contributed by atoms with E-state index in [9.17, 15) is 17.6 Å². The fourth-order valence-corrected chi connectivity index (χ4v) is 2.87. The summed E-state index contributed by atoms with van der Waals surface area (Å²) in [4.78, 5) is 0. The van der Waals surface area contributed by atoms with Crippen LogP contribution in [0.3, 0.4) is 0 Å². The van der Waals surface area contributed by atoms with Gasteiger partial charge < -0.3 is 0 Å². The predicted molar refractivity (Wildman–Crippen MR) is 101 cm³/mol. The zero-order chi connectivity index (χ0) is 19.4. The summed E-state index contributed by atoms with van der Waals surface area (Å²) in [5, 5.41) is 0. The van der Waals surface area contributed by atoms with Crippen LogP contribution in [0.4, 0.5) is 17.6 Å². The second kappa shape index (κ2) is 8.21. The van der Waals surface area contributed by atoms with Crippen LogP contribution in [-0.4, -0.2) is 0 Å². The molecule has 0 bridgehead atoms. The molecule has 0 saturated heterocycles. The molecule has 0 saturated carbocycles. The lowest BCUT2D eigenvalue weighted by Crippen LogP contribution is -1.91. The van der Waals surface area contributed by atoms with Crippen molar-refractivity contribution in [1.29, 1.82) is 0 Å². The molecule has 0 aliphatic heterocycles. The van der Waals surface area contributed by atoms with E-state index in [2.05, 4.69) is 6.92 Å². The Morgan fingerprint density at radius 1 is 0.741 bits per heavy atom. The van der Waals surface area contributed by atoms with Gasteiger partial charge in [0, 0.05) is 11.1 Å². The Hall–Kier alpha value is -2.88. The van der Waals surface area contributed by atoms with E-state index in [4.69, 9.17) is 0 Å². The van der Waals surface area contributed by atoms with Gasteiger partial charge in [-0.2, -0.15) is 0 Å². The van der Waals surface area contributed by atoms with Gasteiger partial charge in [0.1, 0.15) is 11.6 Å². The predicted octanol–water partition coefficient (Wildman–Crippen LogP) is 7.35. The highest BCUT2D eigenvalue weighted by Crippen LogP contribution is 2.32. The Bertz CT molecular complexity index is 955. The first kappa shape index (κ1) is 18.9. The summed E-state index contributed by atoms with van der Waals surface area (Å²) in [5.74, 6) is -3.97. The first-order chi connectivity index (χ1) is 13.0. The molecule has 27 heavy (non-hydrogen) atoms. The number of halogens is 4. The first-order valence-corrected chi connectivity index (χ1v) is 8.70. The fraction of sp³-hybridized carbons (Fsp3) is 0.130. The van der Waals surface area contributed by atoms with Crippen molar-refractivity contribution in [3.05, 3.63) is 95.1 Å². The van der Waals surface area contributed by atoms with E-state index in [0.29, 0.717) is 5.56 Å². The van der Waals surface area contributed by atoms with Gasteiger partial charge in [-0.3, -0.25) is 0 Å². The molecule has 4 heteroatoms. The third kappa shape index (κ3) is 4.27. The minimum absolute atomic E-state index is 0.149. The first-order valence-electron chi connectivity index (χ1n) is 8.70. The third-order valence-electron chi connectivity index (χ3n) is 4.32. The van der Waals surface area contributed by atoms with Gasteiger partial charge in [0.2, 0.25) is 0 Å². The highest BCUT2D eigenvalue weighted by Gasteiger charge is 2.16. The molecule has 0 N–H and O–H groups in total. The maximum atomic E-state index is 14.4. The fourth-order valence-electron chi connectivity index (χ4n) is 2.87. The molecule has 0 heterocycles. The summed E-state index contributed by atoms with van der Waals surface area (Å²) in [6, 6.07) is 15.9. The minimum atomic E-state index is -1.32. The summed E-state index contributed by atoms with van der Waals surface area (Å²) in [6.07, 6.45) is 2.00. The van der Waals surface area contributed by atoms with E-state index in [-0.39, 0.29) is 5.56 Å². The molecule has 0 nitrogen and oxygen atoms in total. The molecule has 0 unspecified atom stereocenters. The van der Waals surface area contributed by atoms with Crippen molar-refractivity contribution in [3.8, 4) is 11.1 Å². The summed E-state index contributed by atoms with van der Waals surface area (Å²) in [5.41, 5.74) is 1.94. The highest BCUT2D eigenvalue weighted by atomic mass is 19.2. The lowest BCUT2D eigenvalue weighted by atomic mass is 10.00. The van der Waals surface area contributed by atoms with Crippen LogP contribution in [-0.2, 0) is 6.42 Å². The Morgan fingerprint density at radius 2 is 1.37 bits per heavy atom. The second-order valence-corrected chi connectivity index (χ2v) is 6.28. The van der Waals surface area contributed by atoms with Gasteiger partial charge in [-0.1, -0.05) is 43.7 Å². The molecule has 0 aliphatic rings.